The molecule has 6 N–H and O–H groups in total. The van der Waals surface area contributed by atoms with Crippen molar-refractivity contribution in [2.24, 2.45) is 12.8 Å². The second-order valence-corrected chi connectivity index (χ2v) is 8.71. The molecule has 0 spiro atoms. The summed E-state index contributed by atoms with van der Waals surface area (Å²) in [6, 6.07) is 9.13. The van der Waals surface area contributed by atoms with Gasteiger partial charge in [0.05, 0.1) is 30.5 Å². The van der Waals surface area contributed by atoms with E-state index in [-0.39, 0.29) is 36.2 Å². The van der Waals surface area contributed by atoms with E-state index in [1.54, 1.807) is 23.1 Å². The number of hydrogen-bond acceptors (Lipinski definition) is 7. The third-order valence-corrected chi connectivity index (χ3v) is 6.02. The van der Waals surface area contributed by atoms with E-state index in [1.165, 1.54) is 0 Å². The molecule has 35 heavy (non-hydrogen) atoms. The molecule has 4 rings (SSSR count). The summed E-state index contributed by atoms with van der Waals surface area (Å²) in [6.07, 6.45) is 7.98. The molecule has 0 unspecified atom stereocenters. The normalized spacial score (nSPS) is 17.3. The molecule has 2 amide bonds. The number of carbonyl (C=O) groups excluding carboxylic acids is 2. The lowest BCUT2D eigenvalue weighted by Crippen LogP contribution is -2.41. The Hall–Kier alpha value is -3.76. The number of aromatic nitrogens is 3. The van der Waals surface area contributed by atoms with Crippen LogP contribution in [0.15, 0.2) is 48.9 Å². The topological polar surface area (TPSA) is 150 Å². The van der Waals surface area contributed by atoms with Gasteiger partial charge in [0.1, 0.15) is 5.82 Å². The average Bonchev–Trinajstić information content (AvgIpc) is 3.47. The molecule has 1 fully saturated rings. The molecule has 1 aliphatic carbocycles. The molecule has 0 saturated heterocycles. The van der Waals surface area contributed by atoms with Crippen molar-refractivity contribution in [1.29, 1.82) is 0 Å². The van der Waals surface area contributed by atoms with E-state index in [2.05, 4.69) is 20.7 Å². The number of nitrogens with zero attached hydrogens (tertiary/aromatic N) is 3. The second kappa shape index (κ2) is 11.1. The van der Waals surface area contributed by atoms with Crippen LogP contribution in [0.25, 0.3) is 11.1 Å². The van der Waals surface area contributed by atoms with Crippen LogP contribution in [0.5, 0.6) is 0 Å². The van der Waals surface area contributed by atoms with Gasteiger partial charge in [-0.2, -0.15) is 5.10 Å². The van der Waals surface area contributed by atoms with Gasteiger partial charge in [0.15, 0.2) is 0 Å². The maximum atomic E-state index is 13.1. The second-order valence-electron chi connectivity index (χ2n) is 8.71. The monoisotopic (exact) mass is 477 g/mol. The Balaban J connectivity index is 1.37. The Morgan fingerprint density at radius 2 is 2.06 bits per heavy atom. The Labute approximate surface area is 204 Å². The molecule has 2 aromatic heterocycles. The van der Waals surface area contributed by atoms with Gasteiger partial charge in [-0.05, 0) is 43.0 Å². The third kappa shape index (κ3) is 6.23. The molecule has 2 heterocycles. The Morgan fingerprint density at radius 1 is 1.20 bits per heavy atom. The molecule has 1 aliphatic rings. The molecule has 0 bridgehead atoms. The van der Waals surface area contributed by atoms with Crippen LogP contribution in [0.1, 0.15) is 41.6 Å². The minimum atomic E-state index is -0.272. The van der Waals surface area contributed by atoms with Crippen LogP contribution in [0.2, 0.25) is 0 Å². The highest BCUT2D eigenvalue weighted by Crippen LogP contribution is 2.26. The number of pyridine rings is 1. The van der Waals surface area contributed by atoms with Crippen molar-refractivity contribution in [3.05, 3.63) is 60.0 Å². The first-order valence-electron chi connectivity index (χ1n) is 11.7. The van der Waals surface area contributed by atoms with E-state index in [1.807, 2.05) is 37.5 Å². The summed E-state index contributed by atoms with van der Waals surface area (Å²) in [5.41, 5.74) is 15.1. The minimum absolute atomic E-state index is 0.120. The molecule has 10 nitrogen and oxygen atoms in total. The summed E-state index contributed by atoms with van der Waals surface area (Å²) < 4.78 is 7.86. The van der Waals surface area contributed by atoms with E-state index in [0.717, 1.165) is 36.0 Å². The van der Waals surface area contributed by atoms with Gasteiger partial charge in [0, 0.05) is 49.2 Å². The quantitative estimate of drug-likeness (QED) is 0.369. The van der Waals surface area contributed by atoms with Crippen molar-refractivity contribution >= 4 is 23.3 Å². The van der Waals surface area contributed by atoms with Crippen LogP contribution in [0, 0.1) is 0 Å². The summed E-state index contributed by atoms with van der Waals surface area (Å²) in [6.45, 7) is 0.677. The summed E-state index contributed by atoms with van der Waals surface area (Å²) in [5, 5.41) is 10.1. The Morgan fingerprint density at radius 3 is 2.83 bits per heavy atom. The summed E-state index contributed by atoms with van der Waals surface area (Å²) in [5.74, 6) is -0.213. The fourth-order valence-corrected chi connectivity index (χ4v) is 4.22. The van der Waals surface area contributed by atoms with Gasteiger partial charge in [0.25, 0.3) is 5.91 Å². The van der Waals surface area contributed by atoms with E-state index in [9.17, 15) is 9.59 Å². The molecule has 1 saturated carbocycles. The number of nitrogens with two attached hydrogens (primary N) is 2. The molecular weight excluding hydrogens is 446 g/mol. The lowest BCUT2D eigenvalue weighted by Gasteiger charge is -2.22. The number of nitrogen functional groups attached to an aromatic ring is 1. The highest BCUT2D eigenvalue weighted by molar-refractivity contribution is 5.99. The van der Waals surface area contributed by atoms with Crippen molar-refractivity contribution < 1.29 is 14.3 Å². The fraction of sp³-hybridized carbons (Fsp3) is 0.360. The van der Waals surface area contributed by atoms with E-state index in [4.69, 9.17) is 16.2 Å². The summed E-state index contributed by atoms with van der Waals surface area (Å²) >= 11 is 0. The minimum Gasteiger partial charge on any atom is -0.383 e. The zero-order chi connectivity index (χ0) is 24.8. The number of hydrogen-bond donors (Lipinski definition) is 4. The van der Waals surface area contributed by atoms with Crippen molar-refractivity contribution in [2.45, 2.75) is 44.4 Å². The maximum absolute atomic E-state index is 13.1. The molecule has 0 radical (unpaired) electrons. The van der Waals surface area contributed by atoms with Crippen molar-refractivity contribution in [3.63, 3.8) is 0 Å². The highest BCUT2D eigenvalue weighted by atomic mass is 16.5. The van der Waals surface area contributed by atoms with Gasteiger partial charge in [0.2, 0.25) is 5.91 Å². The molecule has 1 aromatic carbocycles. The molecule has 184 valence electrons. The van der Waals surface area contributed by atoms with Crippen LogP contribution in [0.4, 0.5) is 11.5 Å². The number of nitrogens with one attached hydrogen (secondary N) is 2. The number of amides is 2. The zero-order valence-electron chi connectivity index (χ0n) is 19.7. The predicted molar refractivity (Wildman–Crippen MR) is 133 cm³/mol. The maximum Gasteiger partial charge on any atom is 0.255 e. The largest absolute Gasteiger partial charge is 0.383 e. The van der Waals surface area contributed by atoms with Gasteiger partial charge in [-0.1, -0.05) is 12.1 Å². The smallest absolute Gasteiger partial charge is 0.255 e. The lowest BCUT2D eigenvalue weighted by molar-refractivity contribution is -0.116. The van der Waals surface area contributed by atoms with Gasteiger partial charge in [-0.25, -0.2) is 4.98 Å². The van der Waals surface area contributed by atoms with Gasteiger partial charge >= 0.3 is 0 Å². The first-order chi connectivity index (χ1) is 16.9. The van der Waals surface area contributed by atoms with Crippen LogP contribution in [-0.2, 0) is 23.2 Å². The zero-order valence-corrected chi connectivity index (χ0v) is 19.7. The fourth-order valence-electron chi connectivity index (χ4n) is 4.22. The first-order valence-corrected chi connectivity index (χ1v) is 11.7. The predicted octanol–water partition coefficient (Wildman–Crippen LogP) is 2.22. The number of carbonyl (C=O) groups is 2. The molecule has 0 aliphatic heterocycles. The average molecular weight is 478 g/mol. The Kier molecular flexibility index (Phi) is 7.74. The van der Waals surface area contributed by atoms with Crippen LogP contribution < -0.4 is 22.1 Å². The number of rotatable bonds is 9. The van der Waals surface area contributed by atoms with E-state index >= 15 is 0 Å². The number of ether oxygens (including phenoxy) is 1. The van der Waals surface area contributed by atoms with Crippen molar-refractivity contribution in [1.82, 2.24) is 20.1 Å². The van der Waals surface area contributed by atoms with Crippen LogP contribution in [0.3, 0.4) is 0 Å². The van der Waals surface area contributed by atoms with Gasteiger partial charge in [-0.15, -0.1) is 0 Å². The van der Waals surface area contributed by atoms with Crippen molar-refractivity contribution in [2.75, 3.05) is 17.6 Å². The molecule has 3 aromatic rings. The number of benzene rings is 1. The first kappa shape index (κ1) is 24.4. The van der Waals surface area contributed by atoms with E-state index in [0.29, 0.717) is 24.4 Å². The van der Waals surface area contributed by atoms with Crippen molar-refractivity contribution in [3.8, 4) is 11.1 Å². The molecule has 10 heteroatoms. The summed E-state index contributed by atoms with van der Waals surface area (Å²) in [4.78, 5) is 29.1. The van der Waals surface area contributed by atoms with Gasteiger partial charge < -0.3 is 26.8 Å². The summed E-state index contributed by atoms with van der Waals surface area (Å²) in [7, 11) is 1.83. The lowest BCUT2D eigenvalue weighted by atomic mass is 10.1. The molecule has 2 atom stereocenters. The molecular formula is C25H31N7O3. The number of aryl methyl sites for hydroxylation is 1. The SMILES string of the molecule is Cn1cc(-c2cnc(N)c(C(=O)N[C@H]3CCC[C@@H]3OCc3cccc(NC(=O)CCN)c3)c2)cn1. The standard InChI is InChI=1S/C25H31N7O3/c1-32-14-18(13-29-32)17-11-20(24(27)28-12-17)25(34)31-21-6-3-7-22(21)35-15-16-4-2-5-19(10-16)30-23(33)8-9-26/h2,4-5,10-14,21-22H,3,6-9,15,26H2,1H3,(H2,27,28)(H,30,33)(H,31,34)/t21-,22-/m0/s1. The van der Waals surface area contributed by atoms with Crippen LogP contribution in [-0.4, -0.2) is 45.3 Å². The Bertz CT molecular complexity index is 1190. The van der Waals surface area contributed by atoms with E-state index < -0.39 is 0 Å². The van der Waals surface area contributed by atoms with Crippen LogP contribution >= 0.6 is 0 Å². The third-order valence-electron chi connectivity index (χ3n) is 6.02. The van der Waals surface area contributed by atoms with Gasteiger partial charge in [-0.3, -0.25) is 14.3 Å². The highest BCUT2D eigenvalue weighted by Gasteiger charge is 2.30. The number of anilines is 2.